The third kappa shape index (κ3) is 8.77. The van der Waals surface area contributed by atoms with Crippen LogP contribution >= 0.6 is 0 Å². The number of hydrogen-bond acceptors (Lipinski definition) is 3. The molecule has 1 aliphatic carbocycles. The maximum absolute atomic E-state index is 12.3. The molecule has 4 heteroatoms. The van der Waals surface area contributed by atoms with E-state index in [1.54, 1.807) is 13.8 Å². The van der Waals surface area contributed by atoms with Gasteiger partial charge in [0.2, 0.25) is 0 Å². The Balaban J connectivity index is 2.82. The molecule has 1 N–H and O–H groups in total. The van der Waals surface area contributed by atoms with E-state index in [9.17, 15) is 14.7 Å². The van der Waals surface area contributed by atoms with Gasteiger partial charge in [-0.15, -0.1) is 0 Å². The predicted molar refractivity (Wildman–Crippen MR) is 91.2 cm³/mol. The van der Waals surface area contributed by atoms with Gasteiger partial charge in [0.15, 0.2) is 0 Å². The molecule has 1 aliphatic rings. The van der Waals surface area contributed by atoms with Crippen LogP contribution in [0, 0.1) is 5.92 Å². The first kappa shape index (κ1) is 19.7. The largest absolute Gasteiger partial charge is 0.481 e. The van der Waals surface area contributed by atoms with E-state index in [1.807, 2.05) is 0 Å². The Kier molecular flexibility index (Phi) is 9.65. The number of esters is 1. The van der Waals surface area contributed by atoms with Crippen LogP contribution in [0.15, 0.2) is 11.6 Å². The molecule has 1 unspecified atom stereocenters. The lowest BCUT2D eigenvalue weighted by Crippen LogP contribution is -2.25. The lowest BCUT2D eigenvalue weighted by Gasteiger charge is -2.20. The molecule has 1 rings (SSSR count). The van der Waals surface area contributed by atoms with Gasteiger partial charge >= 0.3 is 11.9 Å². The van der Waals surface area contributed by atoms with Crippen LogP contribution in [0.4, 0.5) is 0 Å². The minimum Gasteiger partial charge on any atom is -0.481 e. The molecule has 0 amide bonds. The van der Waals surface area contributed by atoms with Crippen molar-refractivity contribution in [3.63, 3.8) is 0 Å². The fourth-order valence-electron chi connectivity index (χ4n) is 3.09. The van der Waals surface area contributed by atoms with Crippen molar-refractivity contribution in [3.05, 3.63) is 11.6 Å². The van der Waals surface area contributed by atoms with Gasteiger partial charge in [-0.1, -0.05) is 50.2 Å². The highest BCUT2D eigenvalue weighted by Gasteiger charge is 2.27. The molecule has 0 fully saturated rings. The quantitative estimate of drug-likeness (QED) is 0.579. The van der Waals surface area contributed by atoms with Crippen LogP contribution in [0.1, 0.15) is 84.5 Å². The molecule has 0 aromatic heterocycles. The summed E-state index contributed by atoms with van der Waals surface area (Å²) in [6.45, 7) is 3.59. The molecule has 0 heterocycles. The van der Waals surface area contributed by atoms with Crippen molar-refractivity contribution in [3.8, 4) is 0 Å². The zero-order valence-corrected chi connectivity index (χ0v) is 14.7. The number of carboxylic acid groups (broad SMARTS) is 1. The smallest absolute Gasteiger partial charge is 0.313 e. The maximum atomic E-state index is 12.3. The van der Waals surface area contributed by atoms with Gasteiger partial charge in [-0.05, 0) is 39.5 Å². The number of allylic oxidation sites excluding steroid dienone is 1. The van der Waals surface area contributed by atoms with Crippen molar-refractivity contribution in [2.75, 3.05) is 0 Å². The van der Waals surface area contributed by atoms with E-state index in [1.165, 1.54) is 32.1 Å². The molecule has 0 aromatic rings. The standard InChI is InChI=1S/C19H32O4/c1-15(2)23-19(22)17(14-18(20)21)16-12-10-8-6-4-3-5-7-9-11-13-16/h12,15,17H,3-11,13-14H2,1-2H3,(H,20,21). The number of rotatable bonds is 5. The summed E-state index contributed by atoms with van der Waals surface area (Å²) in [5, 5.41) is 9.17. The molecule has 132 valence electrons. The lowest BCUT2D eigenvalue weighted by molar-refractivity contribution is -0.154. The highest BCUT2D eigenvalue weighted by Crippen LogP contribution is 2.26. The first-order valence-corrected chi connectivity index (χ1v) is 9.12. The second kappa shape index (κ2) is 11.3. The first-order chi connectivity index (χ1) is 11.0. The average molecular weight is 324 g/mol. The molecule has 0 radical (unpaired) electrons. The fraction of sp³-hybridized carbons (Fsp3) is 0.789. The van der Waals surface area contributed by atoms with Crippen molar-refractivity contribution in [1.82, 2.24) is 0 Å². The summed E-state index contributed by atoms with van der Waals surface area (Å²) in [6, 6.07) is 0. The summed E-state index contributed by atoms with van der Waals surface area (Å²) in [5.41, 5.74) is 0.971. The fourth-order valence-corrected chi connectivity index (χ4v) is 3.09. The summed E-state index contributed by atoms with van der Waals surface area (Å²) in [6.07, 6.45) is 13.1. The number of ether oxygens (including phenoxy) is 1. The molecule has 0 saturated carbocycles. The van der Waals surface area contributed by atoms with Crippen LogP contribution in [0.5, 0.6) is 0 Å². The topological polar surface area (TPSA) is 63.6 Å². The van der Waals surface area contributed by atoms with Gasteiger partial charge in [0.1, 0.15) is 0 Å². The van der Waals surface area contributed by atoms with Crippen molar-refractivity contribution in [2.24, 2.45) is 5.92 Å². The van der Waals surface area contributed by atoms with Crippen LogP contribution in [0.2, 0.25) is 0 Å². The second-order valence-electron chi connectivity index (χ2n) is 6.78. The molecular formula is C19H32O4. The first-order valence-electron chi connectivity index (χ1n) is 9.12. The highest BCUT2D eigenvalue weighted by molar-refractivity contribution is 5.81. The van der Waals surface area contributed by atoms with Crippen molar-refractivity contribution < 1.29 is 19.4 Å². The minimum atomic E-state index is -0.942. The van der Waals surface area contributed by atoms with Gasteiger partial charge in [-0.25, -0.2) is 0 Å². The number of carbonyl (C=O) groups excluding carboxylic acids is 1. The molecule has 0 aliphatic heterocycles. The summed E-state index contributed by atoms with van der Waals surface area (Å²) in [7, 11) is 0. The van der Waals surface area contributed by atoms with Gasteiger partial charge in [0, 0.05) is 0 Å². The Morgan fingerprint density at radius 2 is 1.61 bits per heavy atom. The van der Waals surface area contributed by atoms with Gasteiger partial charge < -0.3 is 9.84 Å². The van der Waals surface area contributed by atoms with E-state index >= 15 is 0 Å². The third-order valence-corrected chi connectivity index (χ3v) is 4.29. The monoisotopic (exact) mass is 324 g/mol. The zero-order valence-electron chi connectivity index (χ0n) is 14.7. The van der Waals surface area contributed by atoms with Gasteiger partial charge in [0.05, 0.1) is 18.4 Å². The Morgan fingerprint density at radius 3 is 2.17 bits per heavy atom. The summed E-state index contributed by atoms with van der Waals surface area (Å²) >= 11 is 0. The van der Waals surface area contributed by atoms with Crippen LogP contribution in [-0.4, -0.2) is 23.1 Å². The summed E-state index contributed by atoms with van der Waals surface area (Å²) < 4.78 is 5.30. The molecular weight excluding hydrogens is 292 g/mol. The second-order valence-corrected chi connectivity index (χ2v) is 6.78. The van der Waals surface area contributed by atoms with Crippen LogP contribution in [-0.2, 0) is 14.3 Å². The zero-order chi connectivity index (χ0) is 17.1. The number of aliphatic carboxylic acids is 1. The van der Waals surface area contributed by atoms with E-state index < -0.39 is 11.9 Å². The molecule has 4 nitrogen and oxygen atoms in total. The SMILES string of the molecule is CC(C)OC(=O)C(CC(=O)O)C1=CCCCCCCCCCC1. The highest BCUT2D eigenvalue weighted by atomic mass is 16.5. The van der Waals surface area contributed by atoms with Crippen molar-refractivity contribution >= 4 is 11.9 Å². The normalized spacial score (nSPS) is 19.2. The van der Waals surface area contributed by atoms with Crippen molar-refractivity contribution in [1.29, 1.82) is 0 Å². The summed E-state index contributed by atoms with van der Waals surface area (Å²) in [4.78, 5) is 23.5. The Bertz CT molecular complexity index is 398. The van der Waals surface area contributed by atoms with Gasteiger partial charge in [-0.3, -0.25) is 9.59 Å². The summed E-state index contributed by atoms with van der Waals surface area (Å²) in [5.74, 6) is -1.96. The minimum absolute atomic E-state index is 0.169. The van der Waals surface area contributed by atoms with Crippen LogP contribution in [0.25, 0.3) is 0 Å². The Hall–Kier alpha value is -1.32. The number of hydrogen-bond donors (Lipinski definition) is 1. The molecule has 23 heavy (non-hydrogen) atoms. The number of carboxylic acids is 1. The molecule has 0 aromatic carbocycles. The Morgan fingerprint density at radius 1 is 1.04 bits per heavy atom. The van der Waals surface area contributed by atoms with Crippen LogP contribution < -0.4 is 0 Å². The van der Waals surface area contributed by atoms with E-state index in [2.05, 4.69) is 6.08 Å². The van der Waals surface area contributed by atoms with E-state index in [0.29, 0.717) is 0 Å². The van der Waals surface area contributed by atoms with E-state index in [0.717, 1.165) is 37.7 Å². The molecule has 0 spiro atoms. The van der Waals surface area contributed by atoms with Crippen LogP contribution in [0.3, 0.4) is 0 Å². The predicted octanol–water partition coefficient (Wildman–Crippen LogP) is 4.87. The maximum Gasteiger partial charge on any atom is 0.313 e. The van der Waals surface area contributed by atoms with Gasteiger partial charge in [-0.2, -0.15) is 0 Å². The lowest BCUT2D eigenvalue weighted by atomic mass is 9.89. The number of carbonyl (C=O) groups is 2. The molecule has 0 bridgehead atoms. The van der Waals surface area contributed by atoms with E-state index in [4.69, 9.17) is 4.74 Å². The average Bonchev–Trinajstić information content (AvgIpc) is 2.45. The van der Waals surface area contributed by atoms with Crippen molar-refractivity contribution in [2.45, 2.75) is 90.6 Å². The molecule has 1 atom stereocenters. The third-order valence-electron chi connectivity index (χ3n) is 4.29. The Labute approximate surface area is 140 Å². The molecule has 0 saturated heterocycles. The van der Waals surface area contributed by atoms with Gasteiger partial charge in [0.25, 0.3) is 0 Å². The van der Waals surface area contributed by atoms with E-state index in [-0.39, 0.29) is 18.5 Å².